The number of aromatic nitrogens is 3. The number of nitrogens with one attached hydrogen (secondary N) is 2. The van der Waals surface area contributed by atoms with Crippen LogP contribution in [0, 0.1) is 11.8 Å². The lowest BCUT2D eigenvalue weighted by molar-refractivity contribution is 0.0779. The summed E-state index contributed by atoms with van der Waals surface area (Å²) in [6, 6.07) is 7.62. The first-order valence-electron chi connectivity index (χ1n) is 11.4. The van der Waals surface area contributed by atoms with Crippen molar-refractivity contribution in [2.75, 3.05) is 13.6 Å². The number of pyridine rings is 1. The second kappa shape index (κ2) is 10.5. The second-order valence-corrected chi connectivity index (χ2v) is 9.31. The van der Waals surface area contributed by atoms with E-state index in [2.05, 4.69) is 29.1 Å². The molecule has 0 unspecified atom stereocenters. The second-order valence-electron chi connectivity index (χ2n) is 9.31. The predicted molar refractivity (Wildman–Crippen MR) is 129 cm³/mol. The number of aromatic amines is 1. The van der Waals surface area contributed by atoms with Crippen LogP contribution in [0.1, 0.15) is 60.7 Å². The molecule has 0 aliphatic rings. The van der Waals surface area contributed by atoms with Crippen LogP contribution in [0.5, 0.6) is 0 Å². The lowest BCUT2D eigenvalue weighted by Crippen LogP contribution is -2.36. The van der Waals surface area contributed by atoms with Gasteiger partial charge in [-0.2, -0.15) is 0 Å². The molecule has 176 valence electrons. The molecule has 0 fully saturated rings. The first-order chi connectivity index (χ1) is 15.7. The summed E-state index contributed by atoms with van der Waals surface area (Å²) in [5.74, 6) is 0.433. The van der Waals surface area contributed by atoms with Crippen molar-refractivity contribution in [2.24, 2.45) is 11.8 Å². The zero-order chi connectivity index (χ0) is 24.1. The van der Waals surface area contributed by atoms with Crippen LogP contribution in [0.15, 0.2) is 41.5 Å². The Kier molecular flexibility index (Phi) is 7.68. The predicted octanol–water partition coefficient (Wildman–Crippen LogP) is 3.43. The number of hydrogen-bond donors (Lipinski definition) is 2. The Bertz CT molecular complexity index is 1160. The summed E-state index contributed by atoms with van der Waals surface area (Å²) < 4.78 is 1.76. The van der Waals surface area contributed by atoms with Crippen LogP contribution < -0.4 is 10.7 Å². The Morgan fingerprint density at radius 3 is 2.45 bits per heavy atom. The molecule has 8 nitrogen and oxygen atoms in total. The lowest BCUT2D eigenvalue weighted by Gasteiger charge is -2.18. The number of nitrogens with zero attached hydrogens (tertiary/aromatic N) is 3. The van der Waals surface area contributed by atoms with E-state index in [0.717, 1.165) is 17.5 Å². The molecule has 0 atom stereocenters. The van der Waals surface area contributed by atoms with Gasteiger partial charge in [-0.25, -0.2) is 4.98 Å². The van der Waals surface area contributed by atoms with Crippen molar-refractivity contribution in [3.05, 3.63) is 63.8 Å². The summed E-state index contributed by atoms with van der Waals surface area (Å²) in [4.78, 5) is 48.3. The highest BCUT2D eigenvalue weighted by Crippen LogP contribution is 2.13. The zero-order valence-electron chi connectivity index (χ0n) is 20.0. The van der Waals surface area contributed by atoms with Gasteiger partial charge in [-0.15, -0.1) is 0 Å². The highest BCUT2D eigenvalue weighted by atomic mass is 16.2. The maximum Gasteiger partial charge on any atom is 0.259 e. The minimum atomic E-state index is -0.557. The van der Waals surface area contributed by atoms with Crippen LogP contribution in [-0.2, 0) is 13.1 Å². The molecule has 1 aromatic carbocycles. The van der Waals surface area contributed by atoms with Crippen molar-refractivity contribution in [1.29, 1.82) is 0 Å². The Morgan fingerprint density at radius 1 is 1.09 bits per heavy atom. The van der Waals surface area contributed by atoms with Gasteiger partial charge >= 0.3 is 0 Å². The molecule has 8 heteroatoms. The molecule has 0 spiro atoms. The van der Waals surface area contributed by atoms with E-state index in [1.54, 1.807) is 24.0 Å². The van der Waals surface area contributed by atoms with Crippen molar-refractivity contribution in [3.8, 4) is 0 Å². The van der Waals surface area contributed by atoms with Crippen LogP contribution in [0.4, 0.5) is 0 Å². The Balaban J connectivity index is 1.87. The number of imidazole rings is 1. The molecular weight excluding hydrogens is 418 g/mol. The van der Waals surface area contributed by atoms with Gasteiger partial charge in [0.05, 0.1) is 17.6 Å². The number of amides is 2. The SMILES string of the molecule is CC(C)CCNC(=O)c1cn(CC(C)C)cc(C(=O)N(C)Cc2nc3ccccc3[nH]2)c1=O. The molecule has 2 N–H and O–H groups in total. The van der Waals surface area contributed by atoms with Crippen molar-refractivity contribution in [1.82, 2.24) is 24.8 Å². The summed E-state index contributed by atoms with van der Waals surface area (Å²) in [7, 11) is 1.62. The molecular formula is C25H33N5O3. The summed E-state index contributed by atoms with van der Waals surface area (Å²) in [6.07, 6.45) is 3.90. The number of hydrogen-bond acceptors (Lipinski definition) is 4. The van der Waals surface area contributed by atoms with E-state index in [9.17, 15) is 14.4 Å². The van der Waals surface area contributed by atoms with E-state index in [1.807, 2.05) is 38.1 Å². The fourth-order valence-corrected chi connectivity index (χ4v) is 3.62. The normalized spacial score (nSPS) is 11.4. The summed E-state index contributed by atoms with van der Waals surface area (Å²) in [5.41, 5.74) is 1.10. The number of carbonyl (C=O) groups is 2. The Morgan fingerprint density at radius 2 is 1.79 bits per heavy atom. The summed E-state index contributed by atoms with van der Waals surface area (Å²) in [6.45, 7) is 9.48. The number of fused-ring (bicyclic) bond motifs is 1. The Hall–Kier alpha value is -3.42. The fraction of sp³-hybridized carbons (Fsp3) is 0.440. The maximum atomic E-state index is 13.2. The highest BCUT2D eigenvalue weighted by Gasteiger charge is 2.22. The third kappa shape index (κ3) is 6.09. The van der Waals surface area contributed by atoms with Crippen molar-refractivity contribution in [3.63, 3.8) is 0 Å². The standard InChI is InChI=1S/C25H33N5O3/c1-16(2)10-11-26-24(32)18-13-30(12-17(3)4)14-19(23(18)31)25(33)29(5)15-22-27-20-8-6-7-9-21(20)28-22/h6-9,13-14,16-17H,10-12,15H2,1-5H3,(H,26,32)(H,27,28). The third-order valence-corrected chi connectivity index (χ3v) is 5.31. The van der Waals surface area contributed by atoms with Crippen LogP contribution in [0.2, 0.25) is 0 Å². The monoisotopic (exact) mass is 451 g/mol. The highest BCUT2D eigenvalue weighted by molar-refractivity contribution is 5.99. The summed E-state index contributed by atoms with van der Waals surface area (Å²) in [5, 5.41) is 2.81. The van der Waals surface area contributed by atoms with Crippen LogP contribution >= 0.6 is 0 Å². The van der Waals surface area contributed by atoms with E-state index < -0.39 is 17.2 Å². The van der Waals surface area contributed by atoms with Gasteiger partial charge in [0.25, 0.3) is 11.8 Å². The van der Waals surface area contributed by atoms with Gasteiger partial charge in [0.15, 0.2) is 0 Å². The van der Waals surface area contributed by atoms with Gasteiger partial charge < -0.3 is 19.8 Å². The van der Waals surface area contributed by atoms with Crippen LogP contribution in [0.25, 0.3) is 11.0 Å². The quantitative estimate of drug-likeness (QED) is 0.521. The minimum Gasteiger partial charge on any atom is -0.352 e. The van der Waals surface area contributed by atoms with Gasteiger partial charge in [0.1, 0.15) is 17.0 Å². The number of H-pyrrole nitrogens is 1. The van der Waals surface area contributed by atoms with Gasteiger partial charge in [-0.3, -0.25) is 14.4 Å². The van der Waals surface area contributed by atoms with E-state index in [-0.39, 0.29) is 23.6 Å². The molecule has 0 saturated heterocycles. The number of carbonyl (C=O) groups excluding carboxylic acids is 2. The van der Waals surface area contributed by atoms with Crippen molar-refractivity contribution >= 4 is 22.8 Å². The van der Waals surface area contributed by atoms with Gasteiger partial charge in [-0.1, -0.05) is 39.8 Å². The average Bonchev–Trinajstić information content (AvgIpc) is 3.15. The number of benzene rings is 1. The zero-order valence-corrected chi connectivity index (χ0v) is 20.0. The van der Waals surface area contributed by atoms with Gasteiger partial charge in [-0.05, 0) is 30.4 Å². The smallest absolute Gasteiger partial charge is 0.259 e. The van der Waals surface area contributed by atoms with Crippen LogP contribution in [-0.4, -0.2) is 44.8 Å². The van der Waals surface area contributed by atoms with E-state index >= 15 is 0 Å². The molecule has 2 aromatic heterocycles. The molecule has 0 radical (unpaired) electrons. The molecule has 2 amide bonds. The Labute approximate surface area is 194 Å². The fourth-order valence-electron chi connectivity index (χ4n) is 3.62. The first-order valence-corrected chi connectivity index (χ1v) is 11.4. The number of para-hydroxylation sites is 2. The lowest BCUT2D eigenvalue weighted by atomic mass is 10.1. The average molecular weight is 452 g/mol. The minimum absolute atomic E-state index is 0.0117. The molecule has 2 heterocycles. The molecule has 0 bridgehead atoms. The molecule has 0 aliphatic carbocycles. The maximum absolute atomic E-state index is 13.2. The van der Waals surface area contributed by atoms with Crippen LogP contribution in [0.3, 0.4) is 0 Å². The van der Waals surface area contributed by atoms with E-state index in [1.165, 1.54) is 4.90 Å². The van der Waals surface area contributed by atoms with E-state index in [4.69, 9.17) is 0 Å². The first kappa shape index (κ1) is 24.2. The molecule has 3 aromatic rings. The summed E-state index contributed by atoms with van der Waals surface area (Å²) >= 11 is 0. The number of rotatable bonds is 9. The molecule has 3 rings (SSSR count). The largest absolute Gasteiger partial charge is 0.352 e. The van der Waals surface area contributed by atoms with Crippen molar-refractivity contribution in [2.45, 2.75) is 47.2 Å². The topological polar surface area (TPSA) is 100 Å². The molecule has 0 saturated carbocycles. The van der Waals surface area contributed by atoms with Crippen molar-refractivity contribution < 1.29 is 9.59 Å². The molecule has 0 aliphatic heterocycles. The molecule has 33 heavy (non-hydrogen) atoms. The van der Waals surface area contributed by atoms with Gasteiger partial charge in [0, 0.05) is 32.5 Å². The van der Waals surface area contributed by atoms with E-state index in [0.29, 0.717) is 24.8 Å². The third-order valence-electron chi connectivity index (χ3n) is 5.31. The van der Waals surface area contributed by atoms with Gasteiger partial charge in [0.2, 0.25) is 5.43 Å².